The molecule has 1 aromatic carbocycles. The second-order valence-corrected chi connectivity index (χ2v) is 5.79. The van der Waals surface area contributed by atoms with Crippen molar-refractivity contribution in [3.05, 3.63) is 41.6 Å². The third-order valence-electron chi connectivity index (χ3n) is 4.30. The molecule has 0 fully saturated rings. The highest BCUT2D eigenvalue weighted by Gasteiger charge is 2.20. The molecule has 3 N–H and O–H groups in total. The first kappa shape index (κ1) is 13.1. The third-order valence-corrected chi connectivity index (χ3v) is 4.30. The van der Waals surface area contributed by atoms with Gasteiger partial charge in [-0.25, -0.2) is 0 Å². The van der Waals surface area contributed by atoms with Gasteiger partial charge in [-0.05, 0) is 30.4 Å². The van der Waals surface area contributed by atoms with Gasteiger partial charge in [0.25, 0.3) is 0 Å². The molecule has 2 aromatic heterocycles. The van der Waals surface area contributed by atoms with E-state index in [-0.39, 0.29) is 5.95 Å². The Morgan fingerprint density at radius 3 is 2.91 bits per heavy atom. The molecule has 1 aliphatic rings. The van der Waals surface area contributed by atoms with E-state index in [1.165, 1.54) is 11.1 Å². The molecule has 0 saturated heterocycles. The van der Waals surface area contributed by atoms with Gasteiger partial charge in [0.2, 0.25) is 5.95 Å². The molecule has 0 aliphatic heterocycles. The first-order valence-corrected chi connectivity index (χ1v) is 7.49. The SMILES string of the molecule is Cn1ncc2c(NC3CCc4ccccc4C3)nc(N)nc21. The van der Waals surface area contributed by atoms with Crippen LogP contribution in [0.4, 0.5) is 11.8 Å². The fourth-order valence-electron chi connectivity index (χ4n) is 3.16. The van der Waals surface area contributed by atoms with Crippen LogP contribution in [0, 0.1) is 0 Å². The van der Waals surface area contributed by atoms with E-state index in [0.717, 1.165) is 36.1 Å². The summed E-state index contributed by atoms with van der Waals surface area (Å²) < 4.78 is 1.72. The van der Waals surface area contributed by atoms with E-state index in [1.807, 2.05) is 7.05 Å². The van der Waals surface area contributed by atoms with Crippen LogP contribution in [0.25, 0.3) is 11.0 Å². The summed E-state index contributed by atoms with van der Waals surface area (Å²) in [5, 5.41) is 8.69. The number of nitrogens with zero attached hydrogens (tertiary/aromatic N) is 4. The van der Waals surface area contributed by atoms with Crippen molar-refractivity contribution >= 4 is 22.8 Å². The lowest BCUT2D eigenvalue weighted by Crippen LogP contribution is -2.28. The van der Waals surface area contributed by atoms with Crippen LogP contribution in [0.15, 0.2) is 30.5 Å². The number of rotatable bonds is 2. The van der Waals surface area contributed by atoms with Gasteiger partial charge >= 0.3 is 0 Å². The monoisotopic (exact) mass is 294 g/mol. The number of aryl methyl sites for hydroxylation is 2. The van der Waals surface area contributed by atoms with E-state index in [0.29, 0.717) is 6.04 Å². The quantitative estimate of drug-likeness (QED) is 0.754. The highest BCUT2D eigenvalue weighted by atomic mass is 15.3. The van der Waals surface area contributed by atoms with Crippen LogP contribution >= 0.6 is 0 Å². The lowest BCUT2D eigenvalue weighted by molar-refractivity contribution is 0.609. The Morgan fingerprint density at radius 1 is 1.23 bits per heavy atom. The summed E-state index contributed by atoms with van der Waals surface area (Å²) in [7, 11) is 1.86. The van der Waals surface area contributed by atoms with Crippen molar-refractivity contribution in [3.63, 3.8) is 0 Å². The minimum atomic E-state index is 0.273. The highest BCUT2D eigenvalue weighted by Crippen LogP contribution is 2.26. The fourth-order valence-corrected chi connectivity index (χ4v) is 3.16. The lowest BCUT2D eigenvalue weighted by Gasteiger charge is -2.26. The largest absolute Gasteiger partial charge is 0.368 e. The molecule has 112 valence electrons. The minimum absolute atomic E-state index is 0.273. The molecule has 0 radical (unpaired) electrons. The van der Waals surface area contributed by atoms with Crippen molar-refractivity contribution in [1.82, 2.24) is 19.7 Å². The maximum atomic E-state index is 5.83. The van der Waals surface area contributed by atoms with E-state index < -0.39 is 0 Å². The summed E-state index contributed by atoms with van der Waals surface area (Å²) >= 11 is 0. The zero-order valence-electron chi connectivity index (χ0n) is 12.5. The number of hydrogen-bond acceptors (Lipinski definition) is 5. The smallest absolute Gasteiger partial charge is 0.224 e. The van der Waals surface area contributed by atoms with Crippen molar-refractivity contribution in [1.29, 1.82) is 0 Å². The molecule has 1 unspecified atom stereocenters. The maximum absolute atomic E-state index is 5.83. The number of nitrogen functional groups attached to an aromatic ring is 1. The Labute approximate surface area is 128 Å². The molecular formula is C16H18N6. The summed E-state index contributed by atoms with van der Waals surface area (Å²) in [6.45, 7) is 0. The van der Waals surface area contributed by atoms with Crippen LogP contribution < -0.4 is 11.1 Å². The Morgan fingerprint density at radius 2 is 2.05 bits per heavy atom. The molecule has 0 amide bonds. The summed E-state index contributed by atoms with van der Waals surface area (Å²) in [5.41, 5.74) is 9.45. The van der Waals surface area contributed by atoms with E-state index in [9.17, 15) is 0 Å². The zero-order chi connectivity index (χ0) is 15.1. The number of anilines is 2. The van der Waals surface area contributed by atoms with Crippen molar-refractivity contribution in [2.24, 2.45) is 7.05 Å². The van der Waals surface area contributed by atoms with Crippen molar-refractivity contribution in [2.45, 2.75) is 25.3 Å². The topological polar surface area (TPSA) is 81.7 Å². The molecular weight excluding hydrogens is 276 g/mol. The maximum Gasteiger partial charge on any atom is 0.224 e. The Hall–Kier alpha value is -2.63. The molecule has 4 rings (SSSR count). The van der Waals surface area contributed by atoms with Crippen LogP contribution in [0.5, 0.6) is 0 Å². The van der Waals surface area contributed by atoms with Gasteiger partial charge in [-0.3, -0.25) is 4.68 Å². The number of benzene rings is 1. The van der Waals surface area contributed by atoms with Gasteiger partial charge in [0.05, 0.1) is 11.6 Å². The molecule has 2 heterocycles. The van der Waals surface area contributed by atoms with Gasteiger partial charge in [-0.1, -0.05) is 24.3 Å². The normalized spacial score (nSPS) is 17.4. The molecule has 22 heavy (non-hydrogen) atoms. The van der Waals surface area contributed by atoms with Gasteiger partial charge in [-0.2, -0.15) is 15.1 Å². The van der Waals surface area contributed by atoms with Crippen LogP contribution in [-0.4, -0.2) is 25.8 Å². The predicted molar refractivity (Wildman–Crippen MR) is 86.6 cm³/mol. The van der Waals surface area contributed by atoms with Gasteiger partial charge in [-0.15, -0.1) is 0 Å². The molecule has 0 bridgehead atoms. The zero-order valence-corrected chi connectivity index (χ0v) is 12.5. The van der Waals surface area contributed by atoms with Crippen LogP contribution in [0.1, 0.15) is 17.5 Å². The van der Waals surface area contributed by atoms with Crippen molar-refractivity contribution < 1.29 is 0 Å². The molecule has 0 saturated carbocycles. The van der Waals surface area contributed by atoms with Crippen LogP contribution in [-0.2, 0) is 19.9 Å². The van der Waals surface area contributed by atoms with E-state index in [4.69, 9.17) is 5.73 Å². The number of hydrogen-bond donors (Lipinski definition) is 2. The van der Waals surface area contributed by atoms with Crippen molar-refractivity contribution in [3.8, 4) is 0 Å². The molecule has 6 nitrogen and oxygen atoms in total. The second-order valence-electron chi connectivity index (χ2n) is 5.79. The molecule has 6 heteroatoms. The average molecular weight is 294 g/mol. The molecule has 1 aliphatic carbocycles. The Bertz CT molecular complexity index is 838. The van der Waals surface area contributed by atoms with Crippen molar-refractivity contribution in [2.75, 3.05) is 11.1 Å². The van der Waals surface area contributed by atoms with E-state index in [1.54, 1.807) is 10.9 Å². The highest BCUT2D eigenvalue weighted by molar-refractivity contribution is 5.87. The minimum Gasteiger partial charge on any atom is -0.368 e. The lowest BCUT2D eigenvalue weighted by atomic mass is 9.88. The molecule has 3 aromatic rings. The fraction of sp³-hybridized carbons (Fsp3) is 0.312. The average Bonchev–Trinajstić information content (AvgIpc) is 2.89. The van der Waals surface area contributed by atoms with E-state index in [2.05, 4.69) is 44.6 Å². The summed E-state index contributed by atoms with van der Waals surface area (Å²) in [6.07, 6.45) is 4.96. The van der Waals surface area contributed by atoms with Gasteiger partial charge in [0.1, 0.15) is 5.82 Å². The summed E-state index contributed by atoms with van der Waals surface area (Å²) in [6, 6.07) is 8.98. The number of nitrogens with two attached hydrogens (primary N) is 1. The third kappa shape index (κ3) is 2.16. The molecule has 1 atom stereocenters. The second kappa shape index (κ2) is 4.98. The van der Waals surface area contributed by atoms with Gasteiger partial charge < -0.3 is 11.1 Å². The van der Waals surface area contributed by atoms with Gasteiger partial charge in [0, 0.05) is 13.1 Å². The Kier molecular flexibility index (Phi) is 2.96. The Balaban J connectivity index is 1.65. The van der Waals surface area contributed by atoms with E-state index >= 15 is 0 Å². The number of nitrogens with one attached hydrogen (secondary N) is 1. The first-order chi connectivity index (χ1) is 10.7. The summed E-state index contributed by atoms with van der Waals surface area (Å²) in [4.78, 5) is 8.62. The molecule has 0 spiro atoms. The van der Waals surface area contributed by atoms with Gasteiger partial charge in [0.15, 0.2) is 5.65 Å². The number of fused-ring (bicyclic) bond motifs is 2. The summed E-state index contributed by atoms with van der Waals surface area (Å²) in [5.74, 6) is 1.05. The van der Waals surface area contributed by atoms with Crippen LogP contribution in [0.2, 0.25) is 0 Å². The number of aromatic nitrogens is 4. The first-order valence-electron chi connectivity index (χ1n) is 7.49. The predicted octanol–water partition coefficient (Wildman–Crippen LogP) is 1.91. The standard InChI is InChI=1S/C16H18N6/c1-22-15-13(9-18-22)14(20-16(17)21-15)19-12-7-6-10-4-2-3-5-11(10)8-12/h2-5,9,12H,6-8H2,1H3,(H3,17,19,20,21). The van der Waals surface area contributed by atoms with Crippen LogP contribution in [0.3, 0.4) is 0 Å².